The molecule has 1 aromatic rings. The van der Waals surface area contributed by atoms with Crippen molar-refractivity contribution in [2.24, 2.45) is 0 Å². The molecule has 6 heteroatoms. The van der Waals surface area contributed by atoms with Crippen molar-refractivity contribution in [1.82, 2.24) is 10.2 Å². The highest BCUT2D eigenvalue weighted by molar-refractivity contribution is 5.54. The van der Waals surface area contributed by atoms with Crippen LogP contribution in [-0.2, 0) is 12.6 Å². The minimum atomic E-state index is -4.28. The molecule has 0 radical (unpaired) electrons. The van der Waals surface area contributed by atoms with E-state index >= 15 is 0 Å². The average Bonchev–Trinajstić information content (AvgIpc) is 2.45. The summed E-state index contributed by atoms with van der Waals surface area (Å²) in [6.07, 6.45) is -3.65. The third kappa shape index (κ3) is 4.35. The van der Waals surface area contributed by atoms with Crippen molar-refractivity contribution in [2.75, 3.05) is 51.7 Å². The molecule has 0 amide bonds. The Hall–Kier alpha value is -1.27. The topological polar surface area (TPSA) is 18.5 Å². The number of alkyl halides is 3. The fourth-order valence-electron chi connectivity index (χ4n) is 2.61. The Balaban J connectivity index is 2.14. The molecule has 1 aromatic carbocycles. The lowest BCUT2D eigenvalue weighted by atomic mass is 10.0. The molecule has 1 N–H and O–H groups in total. The van der Waals surface area contributed by atoms with Crippen molar-refractivity contribution < 1.29 is 13.2 Å². The second-order valence-electron chi connectivity index (χ2n) is 5.58. The van der Waals surface area contributed by atoms with Crippen molar-refractivity contribution in [2.45, 2.75) is 12.6 Å². The molecule has 2 rings (SSSR count). The largest absolute Gasteiger partial charge is 0.416 e. The monoisotopic (exact) mass is 301 g/mol. The van der Waals surface area contributed by atoms with Crippen LogP contribution < -0.4 is 10.2 Å². The highest BCUT2D eigenvalue weighted by Crippen LogP contribution is 2.32. The molecule has 3 nitrogen and oxygen atoms in total. The van der Waals surface area contributed by atoms with Crippen LogP contribution in [0.5, 0.6) is 0 Å². The van der Waals surface area contributed by atoms with Gasteiger partial charge in [-0.1, -0.05) is 0 Å². The van der Waals surface area contributed by atoms with Crippen LogP contribution in [0.2, 0.25) is 0 Å². The highest BCUT2D eigenvalue weighted by Gasteiger charge is 2.31. The number of hydrogen-bond acceptors (Lipinski definition) is 3. The molecular weight excluding hydrogens is 279 g/mol. The molecule has 1 saturated heterocycles. The lowest BCUT2D eigenvalue weighted by Gasteiger charge is -2.28. The van der Waals surface area contributed by atoms with Gasteiger partial charge in [0.25, 0.3) is 0 Å². The van der Waals surface area contributed by atoms with Crippen molar-refractivity contribution in [1.29, 1.82) is 0 Å². The lowest BCUT2D eigenvalue weighted by molar-refractivity contribution is -0.137. The number of nitrogens with one attached hydrogen (secondary N) is 1. The number of piperazine rings is 1. The summed E-state index contributed by atoms with van der Waals surface area (Å²) in [6.45, 7) is 4.60. The molecular formula is C15H22F3N3. The summed E-state index contributed by atoms with van der Waals surface area (Å²) in [5.74, 6) is 0. The van der Waals surface area contributed by atoms with Crippen LogP contribution in [0.4, 0.5) is 18.9 Å². The van der Waals surface area contributed by atoms with E-state index in [1.807, 2.05) is 19.0 Å². The SMILES string of the molecule is CN(C)c1ccc(C(F)(F)F)cc1CCN1CCNCC1. The van der Waals surface area contributed by atoms with Crippen LogP contribution in [0.3, 0.4) is 0 Å². The first-order chi connectivity index (χ1) is 9.88. The zero-order valence-electron chi connectivity index (χ0n) is 12.5. The van der Waals surface area contributed by atoms with Gasteiger partial charge in [-0.2, -0.15) is 13.2 Å². The van der Waals surface area contributed by atoms with Crippen LogP contribution in [0, 0.1) is 0 Å². The Labute approximate surface area is 123 Å². The van der Waals surface area contributed by atoms with Crippen LogP contribution in [-0.4, -0.2) is 51.7 Å². The molecule has 0 aromatic heterocycles. The van der Waals surface area contributed by atoms with Gasteiger partial charge in [0.2, 0.25) is 0 Å². The summed E-state index contributed by atoms with van der Waals surface area (Å²) >= 11 is 0. The van der Waals surface area contributed by atoms with Crippen molar-refractivity contribution in [3.63, 3.8) is 0 Å². The van der Waals surface area contributed by atoms with Crippen LogP contribution in [0.15, 0.2) is 18.2 Å². The normalized spacial score (nSPS) is 17.0. The Bertz CT molecular complexity index is 466. The lowest BCUT2D eigenvalue weighted by Crippen LogP contribution is -2.44. The van der Waals surface area contributed by atoms with Crippen LogP contribution in [0.1, 0.15) is 11.1 Å². The average molecular weight is 301 g/mol. The van der Waals surface area contributed by atoms with Gasteiger partial charge < -0.3 is 15.1 Å². The Morgan fingerprint density at radius 2 is 1.86 bits per heavy atom. The Kier molecular flexibility index (Phi) is 5.11. The van der Waals surface area contributed by atoms with Crippen LogP contribution >= 0.6 is 0 Å². The maximum Gasteiger partial charge on any atom is 0.416 e. The predicted molar refractivity (Wildman–Crippen MR) is 78.8 cm³/mol. The summed E-state index contributed by atoms with van der Waals surface area (Å²) in [6, 6.07) is 4.01. The smallest absolute Gasteiger partial charge is 0.377 e. The van der Waals surface area contributed by atoms with E-state index in [0.29, 0.717) is 6.42 Å². The van der Waals surface area contributed by atoms with Gasteiger partial charge in [-0.25, -0.2) is 0 Å². The van der Waals surface area contributed by atoms with Gasteiger partial charge in [0, 0.05) is 52.5 Å². The minimum absolute atomic E-state index is 0.566. The molecule has 1 fully saturated rings. The summed E-state index contributed by atoms with van der Waals surface area (Å²) in [5, 5.41) is 3.27. The number of hydrogen-bond donors (Lipinski definition) is 1. The number of rotatable bonds is 4. The van der Waals surface area contributed by atoms with Gasteiger partial charge in [0.1, 0.15) is 0 Å². The van der Waals surface area contributed by atoms with Crippen molar-refractivity contribution >= 4 is 5.69 Å². The quantitative estimate of drug-likeness (QED) is 0.920. The maximum atomic E-state index is 12.9. The van der Waals surface area contributed by atoms with E-state index in [4.69, 9.17) is 0 Å². The van der Waals surface area contributed by atoms with Gasteiger partial charge in [0.15, 0.2) is 0 Å². The van der Waals surface area contributed by atoms with Gasteiger partial charge >= 0.3 is 6.18 Å². The van der Waals surface area contributed by atoms with E-state index in [2.05, 4.69) is 10.2 Å². The second-order valence-corrected chi connectivity index (χ2v) is 5.58. The van der Waals surface area contributed by atoms with E-state index in [9.17, 15) is 13.2 Å². The van der Waals surface area contributed by atoms with E-state index < -0.39 is 11.7 Å². The molecule has 1 aliphatic rings. The molecule has 1 heterocycles. The zero-order valence-corrected chi connectivity index (χ0v) is 12.5. The van der Waals surface area contributed by atoms with Gasteiger partial charge in [-0.05, 0) is 30.2 Å². The van der Waals surface area contributed by atoms with E-state index in [0.717, 1.165) is 50.0 Å². The number of anilines is 1. The fourth-order valence-corrected chi connectivity index (χ4v) is 2.61. The zero-order chi connectivity index (χ0) is 15.5. The predicted octanol–water partition coefficient (Wildman–Crippen LogP) is 2.22. The molecule has 0 spiro atoms. The molecule has 0 atom stereocenters. The molecule has 21 heavy (non-hydrogen) atoms. The highest BCUT2D eigenvalue weighted by atomic mass is 19.4. The molecule has 0 saturated carbocycles. The minimum Gasteiger partial charge on any atom is -0.377 e. The fraction of sp³-hybridized carbons (Fsp3) is 0.600. The number of nitrogens with zero attached hydrogens (tertiary/aromatic N) is 2. The first-order valence-corrected chi connectivity index (χ1v) is 7.18. The maximum absolute atomic E-state index is 12.9. The van der Waals surface area contributed by atoms with Gasteiger partial charge in [-0.15, -0.1) is 0 Å². The summed E-state index contributed by atoms with van der Waals surface area (Å²) in [5.41, 5.74) is 1.05. The van der Waals surface area contributed by atoms with Gasteiger partial charge in [0.05, 0.1) is 5.56 Å². The first kappa shape index (κ1) is 16.1. The third-order valence-electron chi connectivity index (χ3n) is 3.80. The number of benzene rings is 1. The second kappa shape index (κ2) is 6.66. The summed E-state index contributed by atoms with van der Waals surface area (Å²) in [4.78, 5) is 4.16. The molecule has 118 valence electrons. The third-order valence-corrected chi connectivity index (χ3v) is 3.80. The molecule has 0 bridgehead atoms. The summed E-state index contributed by atoms with van der Waals surface area (Å²) < 4.78 is 38.6. The molecule has 1 aliphatic heterocycles. The van der Waals surface area contributed by atoms with E-state index in [-0.39, 0.29) is 0 Å². The Morgan fingerprint density at radius 1 is 1.19 bits per heavy atom. The standard InChI is InChI=1S/C15H22F3N3/c1-20(2)14-4-3-13(15(16,17)18)11-12(14)5-8-21-9-6-19-7-10-21/h3-4,11,19H,5-10H2,1-2H3. The molecule has 0 aliphatic carbocycles. The Morgan fingerprint density at radius 3 is 2.43 bits per heavy atom. The summed E-state index contributed by atoms with van der Waals surface area (Å²) in [7, 11) is 3.72. The van der Waals surface area contributed by atoms with Crippen LogP contribution in [0.25, 0.3) is 0 Å². The first-order valence-electron chi connectivity index (χ1n) is 7.18. The van der Waals surface area contributed by atoms with E-state index in [1.54, 1.807) is 6.07 Å². The molecule has 0 unspecified atom stereocenters. The van der Waals surface area contributed by atoms with Gasteiger partial charge in [-0.3, -0.25) is 0 Å². The van der Waals surface area contributed by atoms with E-state index in [1.165, 1.54) is 6.07 Å². The van der Waals surface area contributed by atoms with Crippen molar-refractivity contribution in [3.05, 3.63) is 29.3 Å². The van der Waals surface area contributed by atoms with Crippen molar-refractivity contribution in [3.8, 4) is 0 Å². The number of halogens is 3.